The van der Waals surface area contributed by atoms with Gasteiger partial charge in [0.25, 0.3) is 0 Å². The van der Waals surface area contributed by atoms with Gasteiger partial charge in [-0.05, 0) is 33.0 Å². The molecular formula is C15H21N3OS. The van der Waals surface area contributed by atoms with Crippen molar-refractivity contribution in [3.8, 4) is 0 Å². The quantitative estimate of drug-likeness (QED) is 0.877. The number of benzene rings is 1. The minimum absolute atomic E-state index is 0.0363. The van der Waals surface area contributed by atoms with Gasteiger partial charge in [0, 0.05) is 40.5 Å². The number of likely N-dealkylation sites (N-methyl/N-ethyl adjacent to an activating group) is 1. The Morgan fingerprint density at radius 1 is 1.45 bits per heavy atom. The number of rotatable bonds is 2. The molecule has 108 valence electrons. The largest absolute Gasteiger partial charge is 0.369 e. The van der Waals surface area contributed by atoms with E-state index in [2.05, 4.69) is 47.6 Å². The molecule has 3 rings (SSSR count). The molecule has 20 heavy (non-hydrogen) atoms. The standard InChI is InChI=1S/C15H21N3OS/c1-15(2)9-18(6-7-20-15)10-4-5-11-12(8-10)17-14(19)13(11)16-3/h4-5,8,13,16H,6-7,9H2,1-3H3,(H,17,19). The third-order valence-electron chi connectivity index (χ3n) is 3.95. The van der Waals surface area contributed by atoms with Crippen molar-refractivity contribution < 1.29 is 4.79 Å². The third kappa shape index (κ3) is 2.40. The zero-order chi connectivity index (χ0) is 14.3. The van der Waals surface area contributed by atoms with E-state index in [0.717, 1.165) is 30.1 Å². The molecular weight excluding hydrogens is 270 g/mol. The fraction of sp³-hybridized carbons (Fsp3) is 0.533. The number of carbonyl (C=O) groups is 1. The summed E-state index contributed by atoms with van der Waals surface area (Å²) in [5.41, 5.74) is 3.20. The van der Waals surface area contributed by atoms with E-state index in [-0.39, 0.29) is 16.7 Å². The second-order valence-corrected chi connectivity index (χ2v) is 7.81. The molecule has 2 N–H and O–H groups in total. The summed E-state index contributed by atoms with van der Waals surface area (Å²) >= 11 is 2.03. The first kappa shape index (κ1) is 13.8. The van der Waals surface area contributed by atoms with Crippen LogP contribution in [0, 0.1) is 0 Å². The molecule has 1 saturated heterocycles. The summed E-state index contributed by atoms with van der Waals surface area (Å²) in [4.78, 5) is 14.3. The average molecular weight is 291 g/mol. The fourth-order valence-corrected chi connectivity index (χ4v) is 4.08. The number of amides is 1. The highest BCUT2D eigenvalue weighted by molar-refractivity contribution is 8.00. The number of nitrogens with zero attached hydrogens (tertiary/aromatic N) is 1. The van der Waals surface area contributed by atoms with E-state index in [1.165, 1.54) is 5.69 Å². The van der Waals surface area contributed by atoms with Gasteiger partial charge in [0.15, 0.2) is 0 Å². The van der Waals surface area contributed by atoms with Crippen molar-refractivity contribution in [2.24, 2.45) is 0 Å². The first-order valence-corrected chi connectivity index (χ1v) is 8.00. The monoisotopic (exact) mass is 291 g/mol. The van der Waals surface area contributed by atoms with Gasteiger partial charge in [0.2, 0.25) is 5.91 Å². The van der Waals surface area contributed by atoms with E-state index in [9.17, 15) is 4.79 Å². The maximum Gasteiger partial charge on any atom is 0.246 e. The van der Waals surface area contributed by atoms with Crippen molar-refractivity contribution in [3.05, 3.63) is 23.8 Å². The SMILES string of the molecule is CNC1C(=O)Nc2cc(N3CCSC(C)(C)C3)ccc21. The Bertz CT molecular complexity index is 544. The lowest BCUT2D eigenvalue weighted by Crippen LogP contribution is -2.43. The molecule has 2 aliphatic rings. The average Bonchev–Trinajstić information content (AvgIpc) is 2.71. The van der Waals surface area contributed by atoms with Gasteiger partial charge in [0.1, 0.15) is 6.04 Å². The molecule has 0 aliphatic carbocycles. The first-order chi connectivity index (χ1) is 9.50. The minimum Gasteiger partial charge on any atom is -0.369 e. The van der Waals surface area contributed by atoms with E-state index in [1.807, 2.05) is 18.8 Å². The lowest BCUT2D eigenvalue weighted by atomic mass is 10.1. The molecule has 4 nitrogen and oxygen atoms in total. The third-order valence-corrected chi connectivity index (χ3v) is 5.24. The van der Waals surface area contributed by atoms with Gasteiger partial charge in [-0.2, -0.15) is 11.8 Å². The number of hydrogen-bond acceptors (Lipinski definition) is 4. The van der Waals surface area contributed by atoms with Crippen LogP contribution >= 0.6 is 11.8 Å². The zero-order valence-corrected chi connectivity index (χ0v) is 13.0. The molecule has 0 saturated carbocycles. The minimum atomic E-state index is -0.215. The summed E-state index contributed by atoms with van der Waals surface area (Å²) in [7, 11) is 1.82. The molecule has 2 heterocycles. The lowest BCUT2D eigenvalue weighted by molar-refractivity contribution is -0.117. The summed E-state index contributed by atoms with van der Waals surface area (Å²) in [5.74, 6) is 1.18. The van der Waals surface area contributed by atoms with Crippen molar-refractivity contribution in [2.75, 3.05) is 36.1 Å². The number of carbonyl (C=O) groups excluding carboxylic acids is 1. The van der Waals surface area contributed by atoms with E-state index < -0.39 is 0 Å². The highest BCUT2D eigenvalue weighted by Crippen LogP contribution is 2.37. The van der Waals surface area contributed by atoms with Gasteiger partial charge in [-0.15, -0.1) is 0 Å². The van der Waals surface area contributed by atoms with E-state index in [4.69, 9.17) is 0 Å². The van der Waals surface area contributed by atoms with Crippen LogP contribution in [0.2, 0.25) is 0 Å². The molecule has 0 aromatic heterocycles. The van der Waals surface area contributed by atoms with Crippen molar-refractivity contribution in [3.63, 3.8) is 0 Å². The maximum atomic E-state index is 11.9. The number of thioether (sulfide) groups is 1. The van der Waals surface area contributed by atoms with Crippen molar-refractivity contribution in [1.82, 2.24) is 5.32 Å². The second-order valence-electron chi connectivity index (χ2n) is 6.01. The van der Waals surface area contributed by atoms with Gasteiger partial charge in [-0.3, -0.25) is 4.79 Å². The highest BCUT2D eigenvalue weighted by atomic mass is 32.2. The molecule has 1 aromatic carbocycles. The molecule has 2 aliphatic heterocycles. The van der Waals surface area contributed by atoms with Crippen LogP contribution in [0.4, 0.5) is 11.4 Å². The Morgan fingerprint density at radius 2 is 2.25 bits per heavy atom. The van der Waals surface area contributed by atoms with Crippen LogP contribution < -0.4 is 15.5 Å². The summed E-state index contributed by atoms with van der Waals surface area (Å²) < 4.78 is 0.286. The summed E-state index contributed by atoms with van der Waals surface area (Å²) in [6, 6.07) is 6.09. The van der Waals surface area contributed by atoms with Gasteiger partial charge in [-0.1, -0.05) is 6.07 Å². The topological polar surface area (TPSA) is 44.4 Å². The van der Waals surface area contributed by atoms with Gasteiger partial charge < -0.3 is 15.5 Å². The van der Waals surface area contributed by atoms with Crippen LogP contribution in [0.5, 0.6) is 0 Å². The Balaban J connectivity index is 1.87. The number of anilines is 2. The van der Waals surface area contributed by atoms with Crippen molar-refractivity contribution in [1.29, 1.82) is 0 Å². The summed E-state index contributed by atoms with van der Waals surface area (Å²) in [6.07, 6.45) is 0. The van der Waals surface area contributed by atoms with Crippen LogP contribution in [-0.4, -0.2) is 36.5 Å². The van der Waals surface area contributed by atoms with Crippen LogP contribution in [0.25, 0.3) is 0 Å². The molecule has 1 amide bonds. The molecule has 5 heteroatoms. The fourth-order valence-electron chi connectivity index (χ4n) is 2.97. The van der Waals surface area contributed by atoms with Crippen LogP contribution in [0.3, 0.4) is 0 Å². The van der Waals surface area contributed by atoms with Crippen LogP contribution in [0.1, 0.15) is 25.5 Å². The highest BCUT2D eigenvalue weighted by Gasteiger charge is 2.31. The van der Waals surface area contributed by atoms with E-state index in [1.54, 1.807) is 0 Å². The predicted molar refractivity (Wildman–Crippen MR) is 85.6 cm³/mol. The second kappa shape index (κ2) is 4.97. The summed E-state index contributed by atoms with van der Waals surface area (Å²) in [6.45, 7) is 6.68. The maximum absolute atomic E-state index is 11.9. The van der Waals surface area contributed by atoms with Crippen molar-refractivity contribution >= 4 is 29.0 Å². The zero-order valence-electron chi connectivity index (χ0n) is 12.2. The Morgan fingerprint density at radius 3 is 2.95 bits per heavy atom. The molecule has 1 aromatic rings. The normalized spacial score (nSPS) is 24.4. The predicted octanol–water partition coefficient (Wildman–Crippen LogP) is 2.23. The molecule has 0 bridgehead atoms. The summed E-state index contributed by atoms with van der Waals surface area (Å²) in [5, 5.41) is 6.02. The van der Waals surface area contributed by atoms with Gasteiger partial charge in [-0.25, -0.2) is 0 Å². The molecule has 1 atom stereocenters. The smallest absolute Gasteiger partial charge is 0.246 e. The molecule has 0 spiro atoms. The first-order valence-electron chi connectivity index (χ1n) is 7.01. The van der Waals surface area contributed by atoms with Gasteiger partial charge in [0.05, 0.1) is 0 Å². The molecule has 1 fully saturated rings. The van der Waals surface area contributed by atoms with E-state index in [0.29, 0.717) is 0 Å². The molecule has 0 radical (unpaired) electrons. The van der Waals surface area contributed by atoms with E-state index >= 15 is 0 Å². The Hall–Kier alpha value is -1.20. The Kier molecular flexibility index (Phi) is 3.42. The van der Waals surface area contributed by atoms with Gasteiger partial charge >= 0.3 is 0 Å². The number of hydrogen-bond donors (Lipinski definition) is 2. The molecule has 1 unspecified atom stereocenters. The Labute approximate surface area is 124 Å². The number of nitrogens with one attached hydrogen (secondary N) is 2. The van der Waals surface area contributed by atoms with Crippen LogP contribution in [0.15, 0.2) is 18.2 Å². The lowest BCUT2D eigenvalue weighted by Gasteiger charge is -2.39. The number of fused-ring (bicyclic) bond motifs is 1. The van der Waals surface area contributed by atoms with Crippen molar-refractivity contribution in [2.45, 2.75) is 24.6 Å². The van der Waals surface area contributed by atoms with Crippen LogP contribution in [-0.2, 0) is 4.79 Å².